The number of hydrogen-bond donors (Lipinski definition) is 1. The maximum atomic E-state index is 12.4. The predicted octanol–water partition coefficient (Wildman–Crippen LogP) is 1.97. The molecule has 4 heteroatoms. The minimum atomic E-state index is -0.741. The molecule has 0 saturated heterocycles. The number of hydrogen-bond acceptors (Lipinski definition) is 3. The van der Waals surface area contributed by atoms with E-state index in [2.05, 4.69) is 6.92 Å². The Morgan fingerprint density at radius 2 is 2.00 bits per heavy atom. The summed E-state index contributed by atoms with van der Waals surface area (Å²) < 4.78 is 0. The van der Waals surface area contributed by atoms with Crippen molar-refractivity contribution in [3.05, 3.63) is 0 Å². The highest BCUT2D eigenvalue weighted by Gasteiger charge is 2.55. The van der Waals surface area contributed by atoms with Gasteiger partial charge in [0.2, 0.25) is 0 Å². The standard InChI is InChI=1S/C14H25NO3/c1-10-5-11-7-14(8-11,9-13(2,17)6-10)12(16)15(3)18-4/h10-11,17H,5-9H2,1-4H3. The van der Waals surface area contributed by atoms with Gasteiger partial charge in [0.1, 0.15) is 0 Å². The molecule has 3 aliphatic rings. The minimum absolute atomic E-state index is 0.0241. The largest absolute Gasteiger partial charge is 0.390 e. The number of amides is 1. The van der Waals surface area contributed by atoms with Gasteiger partial charge in [-0.3, -0.25) is 9.63 Å². The summed E-state index contributed by atoms with van der Waals surface area (Å²) in [5.41, 5.74) is -1.13. The summed E-state index contributed by atoms with van der Waals surface area (Å²) in [6, 6.07) is 0. The zero-order valence-electron chi connectivity index (χ0n) is 11.9. The van der Waals surface area contributed by atoms with E-state index in [0.717, 1.165) is 25.7 Å². The van der Waals surface area contributed by atoms with Crippen LogP contribution in [0.1, 0.15) is 46.0 Å². The number of rotatable bonds is 2. The fourth-order valence-electron chi connectivity index (χ4n) is 4.23. The Morgan fingerprint density at radius 3 is 2.56 bits per heavy atom. The highest BCUT2D eigenvalue weighted by Crippen LogP contribution is 2.56. The van der Waals surface area contributed by atoms with E-state index < -0.39 is 5.60 Å². The Kier molecular flexibility index (Phi) is 3.45. The average molecular weight is 255 g/mol. The Hall–Kier alpha value is -0.610. The smallest absolute Gasteiger partial charge is 0.252 e. The molecule has 0 radical (unpaired) electrons. The molecule has 3 aliphatic carbocycles. The summed E-state index contributed by atoms with van der Waals surface area (Å²) in [4.78, 5) is 17.4. The number of carbonyl (C=O) groups is 1. The van der Waals surface area contributed by atoms with Crippen molar-refractivity contribution in [2.45, 2.75) is 51.6 Å². The van der Waals surface area contributed by atoms with Gasteiger partial charge in [-0.15, -0.1) is 0 Å². The highest BCUT2D eigenvalue weighted by atomic mass is 16.7. The van der Waals surface area contributed by atoms with Gasteiger partial charge in [0.25, 0.3) is 5.91 Å². The van der Waals surface area contributed by atoms with E-state index in [-0.39, 0.29) is 11.3 Å². The molecule has 0 aromatic rings. The summed E-state index contributed by atoms with van der Waals surface area (Å²) in [6.45, 7) is 4.06. The molecule has 4 nitrogen and oxygen atoms in total. The van der Waals surface area contributed by atoms with Crippen LogP contribution in [0.2, 0.25) is 0 Å². The Bertz CT molecular complexity index is 334. The lowest BCUT2D eigenvalue weighted by Gasteiger charge is -2.53. The zero-order valence-corrected chi connectivity index (χ0v) is 11.9. The lowest BCUT2D eigenvalue weighted by molar-refractivity contribution is -0.197. The predicted molar refractivity (Wildman–Crippen MR) is 68.6 cm³/mol. The number of aliphatic hydroxyl groups is 1. The number of hydroxylamine groups is 2. The van der Waals surface area contributed by atoms with Crippen LogP contribution < -0.4 is 0 Å². The first-order valence-electron chi connectivity index (χ1n) is 6.83. The van der Waals surface area contributed by atoms with Gasteiger partial charge in [-0.05, 0) is 50.9 Å². The third-order valence-electron chi connectivity index (χ3n) is 4.62. The molecule has 3 rings (SSSR count). The second-order valence-electron chi connectivity index (χ2n) is 6.76. The molecule has 2 atom stereocenters. The van der Waals surface area contributed by atoms with E-state index in [1.807, 2.05) is 6.92 Å². The van der Waals surface area contributed by atoms with Crippen LogP contribution in [0.3, 0.4) is 0 Å². The van der Waals surface area contributed by atoms with Crippen LogP contribution in [0.5, 0.6) is 0 Å². The van der Waals surface area contributed by atoms with Crippen molar-refractivity contribution in [1.82, 2.24) is 5.06 Å². The summed E-state index contributed by atoms with van der Waals surface area (Å²) in [5.74, 6) is 1.21. The first-order valence-corrected chi connectivity index (χ1v) is 6.83. The molecule has 1 amide bonds. The maximum Gasteiger partial charge on any atom is 0.252 e. The Morgan fingerprint density at radius 1 is 1.39 bits per heavy atom. The Balaban J connectivity index is 2.17. The molecule has 18 heavy (non-hydrogen) atoms. The normalized spacial score (nSPS) is 43.6. The molecule has 3 saturated carbocycles. The van der Waals surface area contributed by atoms with E-state index in [9.17, 15) is 9.90 Å². The molecule has 2 bridgehead atoms. The van der Waals surface area contributed by atoms with Gasteiger partial charge in [-0.2, -0.15) is 0 Å². The van der Waals surface area contributed by atoms with Crippen molar-refractivity contribution in [3.8, 4) is 0 Å². The first-order chi connectivity index (χ1) is 8.28. The van der Waals surface area contributed by atoms with Gasteiger partial charge in [-0.1, -0.05) is 6.92 Å². The molecule has 104 valence electrons. The zero-order chi connectivity index (χ0) is 13.6. The van der Waals surface area contributed by atoms with Crippen molar-refractivity contribution in [2.75, 3.05) is 14.2 Å². The summed E-state index contributed by atoms with van der Waals surface area (Å²) in [7, 11) is 3.16. The molecule has 0 aromatic carbocycles. The van der Waals surface area contributed by atoms with E-state index >= 15 is 0 Å². The second-order valence-corrected chi connectivity index (χ2v) is 6.76. The molecule has 0 heterocycles. The van der Waals surface area contributed by atoms with Crippen LogP contribution in [0.15, 0.2) is 0 Å². The van der Waals surface area contributed by atoms with Crippen molar-refractivity contribution < 1.29 is 14.7 Å². The van der Waals surface area contributed by atoms with Gasteiger partial charge < -0.3 is 5.11 Å². The SMILES string of the molecule is CON(C)C(=O)C12CC(CC(C)CC(C)(O)C1)C2. The van der Waals surface area contributed by atoms with Crippen LogP contribution in [0, 0.1) is 17.3 Å². The third kappa shape index (κ3) is 2.41. The van der Waals surface area contributed by atoms with Crippen LogP contribution >= 0.6 is 0 Å². The Labute approximate surface area is 109 Å². The molecular formula is C14H25NO3. The molecule has 0 aliphatic heterocycles. The van der Waals surface area contributed by atoms with E-state index in [1.165, 1.54) is 12.2 Å². The summed E-state index contributed by atoms with van der Waals surface area (Å²) in [6.07, 6.45) is 4.28. The molecule has 0 aromatic heterocycles. The second kappa shape index (κ2) is 4.49. The van der Waals surface area contributed by atoms with E-state index in [0.29, 0.717) is 18.3 Å². The van der Waals surface area contributed by atoms with Crippen LogP contribution in [0.25, 0.3) is 0 Å². The minimum Gasteiger partial charge on any atom is -0.390 e. The third-order valence-corrected chi connectivity index (χ3v) is 4.62. The van der Waals surface area contributed by atoms with Crippen molar-refractivity contribution >= 4 is 5.91 Å². The molecule has 1 N–H and O–H groups in total. The van der Waals surface area contributed by atoms with Crippen LogP contribution in [-0.4, -0.2) is 35.8 Å². The van der Waals surface area contributed by atoms with Crippen LogP contribution in [0.4, 0.5) is 0 Å². The van der Waals surface area contributed by atoms with Gasteiger partial charge in [0.15, 0.2) is 0 Å². The summed E-state index contributed by atoms with van der Waals surface area (Å²) in [5, 5.41) is 11.8. The summed E-state index contributed by atoms with van der Waals surface area (Å²) >= 11 is 0. The fraction of sp³-hybridized carbons (Fsp3) is 0.929. The molecule has 2 unspecified atom stereocenters. The molecule has 0 spiro atoms. The van der Waals surface area contributed by atoms with Gasteiger partial charge in [-0.25, -0.2) is 5.06 Å². The lowest BCUT2D eigenvalue weighted by atomic mass is 9.53. The maximum absolute atomic E-state index is 12.4. The van der Waals surface area contributed by atoms with Crippen molar-refractivity contribution in [1.29, 1.82) is 0 Å². The van der Waals surface area contributed by atoms with Gasteiger partial charge in [0.05, 0.1) is 18.1 Å². The fourth-order valence-corrected chi connectivity index (χ4v) is 4.23. The molecular weight excluding hydrogens is 230 g/mol. The van der Waals surface area contributed by atoms with Crippen molar-refractivity contribution in [2.24, 2.45) is 17.3 Å². The number of carbonyl (C=O) groups excluding carboxylic acids is 1. The average Bonchev–Trinajstić information content (AvgIpc) is 2.20. The van der Waals surface area contributed by atoms with E-state index in [1.54, 1.807) is 7.05 Å². The quantitative estimate of drug-likeness (QED) is 0.768. The monoisotopic (exact) mass is 255 g/mol. The topological polar surface area (TPSA) is 49.8 Å². The molecule has 3 fully saturated rings. The first kappa shape index (κ1) is 13.8. The van der Waals surface area contributed by atoms with Gasteiger partial charge in [0, 0.05) is 7.05 Å². The van der Waals surface area contributed by atoms with Gasteiger partial charge >= 0.3 is 0 Å². The number of nitrogens with zero attached hydrogens (tertiary/aromatic N) is 1. The lowest BCUT2D eigenvalue weighted by Crippen LogP contribution is -2.55. The number of fused-ring (bicyclic) bond motifs is 4. The van der Waals surface area contributed by atoms with Crippen molar-refractivity contribution in [3.63, 3.8) is 0 Å². The highest BCUT2D eigenvalue weighted by molar-refractivity contribution is 5.82. The van der Waals surface area contributed by atoms with E-state index in [4.69, 9.17) is 4.84 Å². The van der Waals surface area contributed by atoms with Crippen LogP contribution in [-0.2, 0) is 9.63 Å².